The van der Waals surface area contributed by atoms with E-state index >= 15 is 0 Å². The molecule has 168 valence electrons. The maximum atomic E-state index is 13.5. The molecule has 4 rings (SSSR count). The maximum absolute atomic E-state index is 13.5. The van der Waals surface area contributed by atoms with Crippen molar-refractivity contribution in [2.75, 3.05) is 25.6 Å². The third kappa shape index (κ3) is 4.60. The number of amides is 2. The van der Waals surface area contributed by atoms with E-state index in [2.05, 4.69) is 5.32 Å². The van der Waals surface area contributed by atoms with Crippen LogP contribution in [-0.2, 0) is 16.0 Å². The first kappa shape index (κ1) is 22.1. The van der Waals surface area contributed by atoms with Crippen LogP contribution in [0.25, 0.3) is 5.57 Å². The number of imide groups is 1. The number of carbonyl (C=O) groups is 2. The fraction of sp³-hybridized carbons (Fsp3) is 0.185. The van der Waals surface area contributed by atoms with E-state index in [-0.39, 0.29) is 29.6 Å². The molecule has 6 nitrogen and oxygen atoms in total. The number of benzene rings is 3. The van der Waals surface area contributed by atoms with Gasteiger partial charge in [0.15, 0.2) is 0 Å². The quantitative estimate of drug-likeness (QED) is 0.493. The normalized spacial score (nSPS) is 13.5. The Bertz CT molecular complexity index is 1190. The van der Waals surface area contributed by atoms with Crippen LogP contribution in [0.1, 0.15) is 18.1 Å². The first-order valence-corrected chi connectivity index (χ1v) is 10.9. The number of methoxy groups -OCH3 is 1. The van der Waals surface area contributed by atoms with Gasteiger partial charge >= 0.3 is 0 Å². The van der Waals surface area contributed by atoms with Crippen molar-refractivity contribution in [3.63, 3.8) is 0 Å². The van der Waals surface area contributed by atoms with Crippen molar-refractivity contribution in [1.82, 2.24) is 4.90 Å². The molecule has 0 aliphatic carbocycles. The molecule has 3 aromatic rings. The molecular weight excluding hydrogens is 416 g/mol. The van der Waals surface area contributed by atoms with Crippen molar-refractivity contribution >= 4 is 23.1 Å². The van der Waals surface area contributed by atoms with Gasteiger partial charge in [-0.15, -0.1) is 0 Å². The molecule has 3 aromatic carbocycles. The number of anilines is 1. The van der Waals surface area contributed by atoms with Crippen LogP contribution in [0.3, 0.4) is 0 Å². The van der Waals surface area contributed by atoms with Crippen molar-refractivity contribution < 1.29 is 19.1 Å². The zero-order chi connectivity index (χ0) is 23.2. The van der Waals surface area contributed by atoms with E-state index in [0.29, 0.717) is 35.8 Å². The minimum absolute atomic E-state index is 0.213. The van der Waals surface area contributed by atoms with E-state index < -0.39 is 0 Å². The van der Waals surface area contributed by atoms with Crippen molar-refractivity contribution in [2.45, 2.75) is 13.3 Å². The van der Waals surface area contributed by atoms with Gasteiger partial charge in [-0.05, 0) is 37.1 Å². The third-order valence-corrected chi connectivity index (χ3v) is 5.46. The highest BCUT2D eigenvalue weighted by Gasteiger charge is 2.40. The average Bonchev–Trinajstić information content (AvgIpc) is 3.08. The lowest BCUT2D eigenvalue weighted by molar-refractivity contribution is -0.136. The summed E-state index contributed by atoms with van der Waals surface area (Å²) in [6, 6.07) is 24.4. The van der Waals surface area contributed by atoms with Crippen LogP contribution < -0.4 is 14.8 Å². The molecule has 33 heavy (non-hydrogen) atoms. The molecule has 0 bridgehead atoms. The van der Waals surface area contributed by atoms with E-state index in [0.717, 1.165) is 5.56 Å². The van der Waals surface area contributed by atoms with Crippen LogP contribution in [0.2, 0.25) is 0 Å². The molecule has 0 aromatic heterocycles. The summed E-state index contributed by atoms with van der Waals surface area (Å²) in [6.45, 7) is 2.65. The number of rotatable bonds is 9. The molecule has 0 saturated heterocycles. The Hall–Kier alpha value is -4.06. The highest BCUT2D eigenvalue weighted by atomic mass is 16.5. The van der Waals surface area contributed by atoms with Gasteiger partial charge in [0.2, 0.25) is 0 Å². The first-order chi connectivity index (χ1) is 16.1. The molecule has 1 aliphatic rings. The van der Waals surface area contributed by atoms with Gasteiger partial charge < -0.3 is 14.8 Å². The Morgan fingerprint density at radius 2 is 1.48 bits per heavy atom. The summed E-state index contributed by atoms with van der Waals surface area (Å²) in [6.07, 6.45) is 0.570. The highest BCUT2D eigenvalue weighted by Crippen LogP contribution is 2.36. The summed E-state index contributed by atoms with van der Waals surface area (Å²) in [4.78, 5) is 28.3. The van der Waals surface area contributed by atoms with E-state index in [9.17, 15) is 9.59 Å². The molecule has 1 N–H and O–H groups in total. The van der Waals surface area contributed by atoms with Crippen LogP contribution in [0.15, 0.2) is 84.6 Å². The van der Waals surface area contributed by atoms with Crippen molar-refractivity contribution in [3.8, 4) is 11.5 Å². The van der Waals surface area contributed by atoms with Gasteiger partial charge in [0.05, 0.1) is 25.0 Å². The standard InChI is InChI=1S/C27H26N2O4/c1-3-33-23-16-10-8-14-21(23)28-25-24(20-13-7-9-15-22(20)32-2)26(30)29(27(25)31)18-17-19-11-5-4-6-12-19/h4-16,28H,3,17-18H2,1-2H3. The SMILES string of the molecule is CCOc1ccccc1NC1=C(c2ccccc2OC)C(=O)N(CCc2ccccc2)C1=O. The summed E-state index contributed by atoms with van der Waals surface area (Å²) in [7, 11) is 1.55. The van der Waals surface area contributed by atoms with Gasteiger partial charge in [-0.2, -0.15) is 0 Å². The summed E-state index contributed by atoms with van der Waals surface area (Å²) in [5.74, 6) is 0.408. The topological polar surface area (TPSA) is 67.9 Å². The Kier molecular flexibility index (Phi) is 6.74. The first-order valence-electron chi connectivity index (χ1n) is 10.9. The number of carbonyl (C=O) groups excluding carboxylic acids is 2. The minimum Gasteiger partial charge on any atom is -0.496 e. The Balaban J connectivity index is 1.73. The van der Waals surface area contributed by atoms with E-state index in [1.165, 1.54) is 4.90 Å². The summed E-state index contributed by atoms with van der Waals surface area (Å²) in [5.41, 5.74) is 2.74. The number of nitrogens with zero attached hydrogens (tertiary/aromatic N) is 1. The Morgan fingerprint density at radius 3 is 2.21 bits per heavy atom. The highest BCUT2D eigenvalue weighted by molar-refractivity contribution is 6.37. The molecule has 0 radical (unpaired) electrons. The largest absolute Gasteiger partial charge is 0.496 e. The van der Waals surface area contributed by atoms with Crippen LogP contribution in [0.4, 0.5) is 5.69 Å². The lowest BCUT2D eigenvalue weighted by Crippen LogP contribution is -2.34. The van der Waals surface area contributed by atoms with E-state index in [4.69, 9.17) is 9.47 Å². The average molecular weight is 443 g/mol. The molecule has 1 heterocycles. The van der Waals surface area contributed by atoms with Gasteiger partial charge in [0.25, 0.3) is 11.8 Å². The van der Waals surface area contributed by atoms with Gasteiger partial charge in [-0.3, -0.25) is 14.5 Å². The number of para-hydroxylation sites is 3. The second kappa shape index (κ2) is 10.0. The van der Waals surface area contributed by atoms with Crippen LogP contribution in [0, 0.1) is 0 Å². The fourth-order valence-corrected chi connectivity index (χ4v) is 3.87. The number of hydrogen-bond acceptors (Lipinski definition) is 5. The zero-order valence-corrected chi connectivity index (χ0v) is 18.7. The summed E-state index contributed by atoms with van der Waals surface area (Å²) in [5, 5.41) is 3.19. The minimum atomic E-state index is -0.372. The Labute approximate surface area is 193 Å². The molecule has 0 atom stereocenters. The zero-order valence-electron chi connectivity index (χ0n) is 18.7. The van der Waals surface area contributed by atoms with E-state index in [1.54, 1.807) is 19.2 Å². The second-order valence-electron chi connectivity index (χ2n) is 7.50. The Morgan fingerprint density at radius 1 is 0.818 bits per heavy atom. The predicted octanol–water partition coefficient (Wildman–Crippen LogP) is 4.53. The van der Waals surface area contributed by atoms with Crippen LogP contribution >= 0.6 is 0 Å². The summed E-state index contributed by atoms with van der Waals surface area (Å²) >= 11 is 0. The summed E-state index contributed by atoms with van der Waals surface area (Å²) < 4.78 is 11.2. The molecule has 0 fully saturated rings. The maximum Gasteiger partial charge on any atom is 0.278 e. The number of ether oxygens (including phenoxy) is 2. The van der Waals surface area contributed by atoms with Crippen LogP contribution in [0.5, 0.6) is 11.5 Å². The molecule has 1 aliphatic heterocycles. The fourth-order valence-electron chi connectivity index (χ4n) is 3.87. The predicted molar refractivity (Wildman–Crippen MR) is 128 cm³/mol. The molecule has 0 spiro atoms. The molecule has 0 unspecified atom stereocenters. The van der Waals surface area contributed by atoms with Crippen LogP contribution in [-0.4, -0.2) is 37.0 Å². The number of nitrogens with one attached hydrogen (secondary N) is 1. The third-order valence-electron chi connectivity index (χ3n) is 5.46. The van der Waals surface area contributed by atoms with Gasteiger partial charge in [-0.25, -0.2) is 0 Å². The van der Waals surface area contributed by atoms with Gasteiger partial charge in [0.1, 0.15) is 17.2 Å². The monoisotopic (exact) mass is 442 g/mol. The number of hydrogen-bond donors (Lipinski definition) is 1. The lowest BCUT2D eigenvalue weighted by atomic mass is 10.0. The molecule has 2 amide bonds. The van der Waals surface area contributed by atoms with E-state index in [1.807, 2.05) is 73.7 Å². The van der Waals surface area contributed by atoms with Gasteiger partial charge in [0, 0.05) is 12.1 Å². The van der Waals surface area contributed by atoms with Crippen molar-refractivity contribution in [2.24, 2.45) is 0 Å². The smallest absolute Gasteiger partial charge is 0.278 e. The molecule has 6 heteroatoms. The van der Waals surface area contributed by atoms with Gasteiger partial charge in [-0.1, -0.05) is 60.7 Å². The van der Waals surface area contributed by atoms with Crippen molar-refractivity contribution in [1.29, 1.82) is 0 Å². The second-order valence-corrected chi connectivity index (χ2v) is 7.50. The molecular formula is C27H26N2O4. The molecule has 0 saturated carbocycles. The lowest BCUT2D eigenvalue weighted by Gasteiger charge is -2.16. The van der Waals surface area contributed by atoms with Crippen molar-refractivity contribution in [3.05, 3.63) is 95.7 Å².